The van der Waals surface area contributed by atoms with E-state index in [2.05, 4.69) is 10.4 Å². The second kappa shape index (κ2) is 7.47. The largest absolute Gasteiger partial charge is 0.469 e. The van der Waals surface area contributed by atoms with Crippen molar-refractivity contribution in [3.8, 4) is 0 Å². The zero-order valence-electron chi connectivity index (χ0n) is 14.6. The van der Waals surface area contributed by atoms with E-state index in [0.717, 1.165) is 21.5 Å². The summed E-state index contributed by atoms with van der Waals surface area (Å²) in [5.41, 5.74) is 1.66. The number of rotatable bonds is 5. The molecule has 136 valence electrons. The van der Waals surface area contributed by atoms with Gasteiger partial charge >= 0.3 is 5.97 Å². The zero-order chi connectivity index (χ0) is 18.8. The van der Waals surface area contributed by atoms with Crippen molar-refractivity contribution in [2.45, 2.75) is 19.4 Å². The van der Waals surface area contributed by atoms with E-state index in [9.17, 15) is 9.59 Å². The Balaban J connectivity index is 1.86. The molecule has 0 fully saturated rings. The quantitative estimate of drug-likeness (QED) is 0.674. The fourth-order valence-electron chi connectivity index (χ4n) is 2.74. The van der Waals surface area contributed by atoms with Crippen LogP contribution in [0.2, 0.25) is 5.02 Å². The highest BCUT2D eigenvalue weighted by molar-refractivity contribution is 7.20. The monoisotopic (exact) mass is 391 g/mol. The molecule has 3 aromatic rings. The van der Waals surface area contributed by atoms with Gasteiger partial charge in [-0.3, -0.25) is 14.3 Å². The fourth-order valence-corrected chi connectivity index (χ4v) is 3.90. The number of thiophene rings is 1. The Morgan fingerprint density at radius 3 is 2.65 bits per heavy atom. The summed E-state index contributed by atoms with van der Waals surface area (Å²) < 4.78 is 6.52. The first kappa shape index (κ1) is 18.4. The third-order valence-electron chi connectivity index (χ3n) is 4.10. The number of carbonyl (C=O) groups is 2. The summed E-state index contributed by atoms with van der Waals surface area (Å²) in [4.78, 5) is 26.0. The minimum atomic E-state index is -0.503. The standard InChI is InChI=1S/C18H18ClN3O3S/c1-10-13-8-15(26-18(13)22(2)21-10)17(24)20-14(9-16(23)25-3)11-4-6-12(19)7-5-11/h4-8,14H,9H2,1-3H3,(H,20,24). The molecular formula is C18H18ClN3O3S. The average molecular weight is 392 g/mol. The number of hydrogen-bond donors (Lipinski definition) is 1. The summed E-state index contributed by atoms with van der Waals surface area (Å²) in [5, 5.41) is 8.81. The van der Waals surface area contributed by atoms with Crippen LogP contribution in [0.25, 0.3) is 10.2 Å². The van der Waals surface area contributed by atoms with Gasteiger partial charge < -0.3 is 10.1 Å². The van der Waals surface area contributed by atoms with Crippen molar-refractivity contribution in [2.24, 2.45) is 7.05 Å². The van der Waals surface area contributed by atoms with Gasteiger partial charge in [-0.15, -0.1) is 11.3 Å². The van der Waals surface area contributed by atoms with E-state index in [0.29, 0.717) is 9.90 Å². The molecule has 1 aromatic carbocycles. The second-order valence-electron chi connectivity index (χ2n) is 5.90. The topological polar surface area (TPSA) is 73.2 Å². The molecule has 1 unspecified atom stereocenters. The van der Waals surface area contributed by atoms with Gasteiger partial charge in [0.05, 0.1) is 30.1 Å². The predicted octanol–water partition coefficient (Wildman–Crippen LogP) is 3.63. The SMILES string of the molecule is COC(=O)CC(NC(=O)c1cc2c(C)nn(C)c2s1)c1ccc(Cl)cc1. The van der Waals surface area contributed by atoms with Gasteiger partial charge in [-0.25, -0.2) is 0 Å². The van der Waals surface area contributed by atoms with Gasteiger partial charge in [0.25, 0.3) is 5.91 Å². The van der Waals surface area contributed by atoms with Crippen LogP contribution in [0.1, 0.15) is 33.4 Å². The van der Waals surface area contributed by atoms with Crippen LogP contribution < -0.4 is 5.32 Å². The van der Waals surface area contributed by atoms with Crippen LogP contribution in [0.3, 0.4) is 0 Å². The summed E-state index contributed by atoms with van der Waals surface area (Å²) in [7, 11) is 3.17. The molecule has 2 aromatic heterocycles. The molecule has 0 radical (unpaired) electrons. The van der Waals surface area contributed by atoms with Gasteiger partial charge in [0.15, 0.2) is 0 Å². The third-order valence-corrected chi connectivity index (χ3v) is 5.55. The molecule has 1 atom stereocenters. The molecular weight excluding hydrogens is 374 g/mol. The lowest BCUT2D eigenvalue weighted by atomic mass is 10.0. The molecule has 1 amide bonds. The van der Waals surface area contributed by atoms with Crippen molar-refractivity contribution >= 4 is 45.0 Å². The van der Waals surface area contributed by atoms with E-state index in [1.807, 2.05) is 20.0 Å². The Hall–Kier alpha value is -2.38. The first-order chi connectivity index (χ1) is 12.4. The number of aromatic nitrogens is 2. The number of fused-ring (bicyclic) bond motifs is 1. The molecule has 0 bridgehead atoms. The maximum Gasteiger partial charge on any atom is 0.307 e. The normalized spacial score (nSPS) is 12.2. The lowest BCUT2D eigenvalue weighted by Crippen LogP contribution is -2.30. The molecule has 1 N–H and O–H groups in total. The smallest absolute Gasteiger partial charge is 0.307 e. The van der Waals surface area contributed by atoms with Gasteiger partial charge in [0.2, 0.25) is 0 Å². The van der Waals surface area contributed by atoms with Gasteiger partial charge in [-0.2, -0.15) is 5.10 Å². The lowest BCUT2D eigenvalue weighted by Gasteiger charge is -2.18. The molecule has 6 nitrogen and oxygen atoms in total. The summed E-state index contributed by atoms with van der Waals surface area (Å²) in [6.07, 6.45) is 0.0371. The van der Waals surface area contributed by atoms with Crippen molar-refractivity contribution < 1.29 is 14.3 Å². The average Bonchev–Trinajstić information content (AvgIpc) is 3.17. The van der Waals surface area contributed by atoms with E-state index in [1.54, 1.807) is 28.9 Å². The van der Waals surface area contributed by atoms with Crippen molar-refractivity contribution in [1.29, 1.82) is 0 Å². The number of ether oxygens (including phenoxy) is 1. The van der Waals surface area contributed by atoms with E-state index >= 15 is 0 Å². The summed E-state index contributed by atoms with van der Waals surface area (Å²) >= 11 is 7.30. The summed E-state index contributed by atoms with van der Waals surface area (Å²) in [6.45, 7) is 1.91. The molecule has 26 heavy (non-hydrogen) atoms. The zero-order valence-corrected chi connectivity index (χ0v) is 16.1. The van der Waals surface area contributed by atoms with E-state index < -0.39 is 12.0 Å². The highest BCUT2D eigenvalue weighted by Crippen LogP contribution is 2.28. The maximum absolute atomic E-state index is 12.7. The Kier molecular flexibility index (Phi) is 5.29. The summed E-state index contributed by atoms with van der Waals surface area (Å²) in [5.74, 6) is -0.643. The van der Waals surface area contributed by atoms with Crippen LogP contribution in [0, 0.1) is 6.92 Å². The minimum absolute atomic E-state index is 0.0371. The Morgan fingerprint density at radius 2 is 2.04 bits per heavy atom. The number of esters is 1. The first-order valence-electron chi connectivity index (χ1n) is 7.95. The highest BCUT2D eigenvalue weighted by atomic mass is 35.5. The molecule has 0 saturated carbocycles. The van der Waals surface area contributed by atoms with Crippen molar-refractivity contribution in [2.75, 3.05) is 7.11 Å². The number of nitrogens with one attached hydrogen (secondary N) is 1. The predicted molar refractivity (Wildman–Crippen MR) is 102 cm³/mol. The number of methoxy groups -OCH3 is 1. The fraction of sp³-hybridized carbons (Fsp3) is 0.278. The van der Waals surface area contributed by atoms with Gasteiger partial charge in [-0.05, 0) is 30.7 Å². The molecule has 0 spiro atoms. The Morgan fingerprint density at radius 1 is 1.35 bits per heavy atom. The third kappa shape index (κ3) is 3.73. The Bertz CT molecular complexity index is 928. The molecule has 2 heterocycles. The van der Waals surface area contributed by atoms with Gasteiger partial charge in [-0.1, -0.05) is 23.7 Å². The summed E-state index contributed by atoms with van der Waals surface area (Å²) in [6, 6.07) is 8.35. The van der Waals surface area contributed by atoms with Gasteiger partial charge in [0, 0.05) is 17.5 Å². The van der Waals surface area contributed by atoms with Crippen molar-refractivity contribution in [1.82, 2.24) is 15.1 Å². The molecule has 0 aliphatic rings. The van der Waals surface area contributed by atoms with E-state index in [1.165, 1.54) is 18.4 Å². The van der Waals surface area contributed by atoms with Crippen LogP contribution in [0.5, 0.6) is 0 Å². The number of benzene rings is 1. The van der Waals surface area contributed by atoms with Crippen LogP contribution in [0.15, 0.2) is 30.3 Å². The van der Waals surface area contributed by atoms with E-state index in [4.69, 9.17) is 16.3 Å². The number of carbonyl (C=O) groups excluding carboxylic acids is 2. The molecule has 0 aliphatic carbocycles. The van der Waals surface area contributed by atoms with Crippen LogP contribution in [0.4, 0.5) is 0 Å². The molecule has 0 aliphatic heterocycles. The first-order valence-corrected chi connectivity index (χ1v) is 9.14. The number of nitrogens with zero attached hydrogens (tertiary/aromatic N) is 2. The number of hydrogen-bond acceptors (Lipinski definition) is 5. The number of amides is 1. The Labute approximate surface area is 159 Å². The lowest BCUT2D eigenvalue weighted by molar-refractivity contribution is -0.141. The maximum atomic E-state index is 12.7. The van der Waals surface area contributed by atoms with Crippen LogP contribution >= 0.6 is 22.9 Å². The minimum Gasteiger partial charge on any atom is -0.469 e. The number of halogens is 1. The van der Waals surface area contributed by atoms with Crippen LogP contribution in [-0.4, -0.2) is 28.8 Å². The number of aryl methyl sites for hydroxylation is 2. The van der Waals surface area contributed by atoms with Crippen LogP contribution in [-0.2, 0) is 16.6 Å². The van der Waals surface area contributed by atoms with Gasteiger partial charge in [0.1, 0.15) is 4.83 Å². The highest BCUT2D eigenvalue weighted by Gasteiger charge is 2.22. The molecule has 8 heteroatoms. The molecule has 3 rings (SSSR count). The van der Waals surface area contributed by atoms with Crippen molar-refractivity contribution in [3.63, 3.8) is 0 Å². The van der Waals surface area contributed by atoms with Crippen molar-refractivity contribution in [3.05, 3.63) is 51.5 Å². The second-order valence-corrected chi connectivity index (χ2v) is 7.36. The van der Waals surface area contributed by atoms with E-state index in [-0.39, 0.29) is 12.3 Å². The molecule has 0 saturated heterocycles.